The van der Waals surface area contributed by atoms with Gasteiger partial charge in [-0.3, -0.25) is 9.59 Å². The molecule has 2 aromatic heterocycles. The Labute approximate surface area is 199 Å². The Kier molecular flexibility index (Phi) is 7.67. The van der Waals surface area contributed by atoms with Crippen molar-refractivity contribution < 1.29 is 13.9 Å². The van der Waals surface area contributed by atoms with Crippen molar-refractivity contribution >= 4 is 40.2 Å². The third-order valence-corrected chi connectivity index (χ3v) is 5.21. The molecule has 10 heteroatoms. The first-order valence-electron chi connectivity index (χ1n) is 10.7. The number of hydrogen-bond acceptors (Lipinski definition) is 7. The SMILES string of the molecule is O=C(/C=C/c1ccc(OCCCCCCl)cc1)Nc1cccc2c(=O)cc(-c3nnn[nH]3)oc12. The Morgan fingerprint density at radius 3 is 2.76 bits per heavy atom. The van der Waals surface area contributed by atoms with Crippen LogP contribution in [0.25, 0.3) is 28.6 Å². The topological polar surface area (TPSA) is 123 Å². The number of anilines is 1. The van der Waals surface area contributed by atoms with Gasteiger partial charge in [-0.25, -0.2) is 5.10 Å². The molecule has 4 rings (SSSR count). The molecule has 34 heavy (non-hydrogen) atoms. The fourth-order valence-corrected chi connectivity index (χ4v) is 3.43. The highest BCUT2D eigenvalue weighted by molar-refractivity contribution is 6.17. The Bertz CT molecular complexity index is 1330. The van der Waals surface area contributed by atoms with Gasteiger partial charge in [-0.1, -0.05) is 18.2 Å². The number of nitrogens with zero attached hydrogens (tertiary/aromatic N) is 3. The molecule has 2 heterocycles. The van der Waals surface area contributed by atoms with Crippen molar-refractivity contribution in [2.45, 2.75) is 19.3 Å². The van der Waals surface area contributed by atoms with E-state index in [9.17, 15) is 9.59 Å². The van der Waals surface area contributed by atoms with Crippen LogP contribution in [0.4, 0.5) is 5.69 Å². The number of para-hydroxylation sites is 1. The number of halogens is 1. The first kappa shape index (κ1) is 23.2. The van der Waals surface area contributed by atoms with E-state index in [1.54, 1.807) is 24.3 Å². The van der Waals surface area contributed by atoms with Gasteiger partial charge < -0.3 is 14.5 Å². The van der Waals surface area contributed by atoms with Crippen LogP contribution < -0.4 is 15.5 Å². The number of tetrazole rings is 1. The van der Waals surface area contributed by atoms with Gasteiger partial charge in [-0.05, 0) is 65.6 Å². The highest BCUT2D eigenvalue weighted by Crippen LogP contribution is 2.25. The van der Waals surface area contributed by atoms with Gasteiger partial charge in [0, 0.05) is 18.0 Å². The van der Waals surface area contributed by atoms with Crippen molar-refractivity contribution in [1.29, 1.82) is 0 Å². The van der Waals surface area contributed by atoms with E-state index in [1.165, 1.54) is 12.1 Å². The van der Waals surface area contributed by atoms with E-state index in [0.29, 0.717) is 23.6 Å². The quantitative estimate of drug-likeness (QED) is 0.196. The number of benzene rings is 2. The van der Waals surface area contributed by atoms with Crippen LogP contribution in [0.1, 0.15) is 24.8 Å². The minimum atomic E-state index is -0.374. The zero-order valence-corrected chi connectivity index (χ0v) is 18.9. The van der Waals surface area contributed by atoms with Crippen molar-refractivity contribution in [2.75, 3.05) is 17.8 Å². The summed E-state index contributed by atoms with van der Waals surface area (Å²) in [6.07, 6.45) is 6.08. The molecule has 0 atom stereocenters. The number of alkyl halides is 1. The number of H-pyrrole nitrogens is 1. The number of aromatic amines is 1. The second-order valence-electron chi connectivity index (χ2n) is 7.40. The minimum absolute atomic E-state index is 0.168. The predicted molar refractivity (Wildman–Crippen MR) is 130 cm³/mol. The molecule has 174 valence electrons. The van der Waals surface area contributed by atoms with Crippen molar-refractivity contribution in [3.8, 4) is 17.3 Å². The molecular weight excluding hydrogens is 458 g/mol. The number of aromatic nitrogens is 4. The van der Waals surface area contributed by atoms with Gasteiger partial charge in [0.2, 0.25) is 11.7 Å². The van der Waals surface area contributed by atoms with Crippen molar-refractivity contribution in [1.82, 2.24) is 20.6 Å². The van der Waals surface area contributed by atoms with E-state index in [1.807, 2.05) is 24.3 Å². The molecule has 0 unspecified atom stereocenters. The molecule has 0 radical (unpaired) electrons. The maximum Gasteiger partial charge on any atom is 0.248 e. The number of nitrogens with one attached hydrogen (secondary N) is 2. The summed E-state index contributed by atoms with van der Waals surface area (Å²) in [6, 6.07) is 13.7. The summed E-state index contributed by atoms with van der Waals surface area (Å²) < 4.78 is 11.5. The lowest BCUT2D eigenvalue weighted by Crippen LogP contribution is -2.09. The first-order chi connectivity index (χ1) is 16.6. The summed E-state index contributed by atoms with van der Waals surface area (Å²) in [5.41, 5.74) is 1.15. The number of ether oxygens (including phenoxy) is 1. The van der Waals surface area contributed by atoms with Crippen LogP contribution in [0.5, 0.6) is 5.75 Å². The Morgan fingerprint density at radius 2 is 2.00 bits per heavy atom. The standard InChI is InChI=1S/C24H22ClN5O4/c25-13-2-1-3-14-33-17-10-7-16(8-11-17)9-12-22(32)26-19-6-4-5-18-20(31)15-21(34-23(18)19)24-27-29-30-28-24/h4-12,15H,1-3,13-14H2,(H,26,32)(H,27,28,29,30)/b12-9+. The van der Waals surface area contributed by atoms with E-state index in [4.69, 9.17) is 20.8 Å². The lowest BCUT2D eigenvalue weighted by atomic mass is 10.2. The molecule has 4 aromatic rings. The first-order valence-corrected chi connectivity index (χ1v) is 11.3. The maximum atomic E-state index is 12.5. The summed E-state index contributed by atoms with van der Waals surface area (Å²) in [6.45, 7) is 0.643. The monoisotopic (exact) mass is 479 g/mol. The van der Waals surface area contributed by atoms with Crippen molar-refractivity contribution in [3.63, 3.8) is 0 Å². The summed E-state index contributed by atoms with van der Waals surface area (Å²) in [5.74, 6) is 1.45. The summed E-state index contributed by atoms with van der Waals surface area (Å²) >= 11 is 5.67. The fourth-order valence-electron chi connectivity index (χ4n) is 3.24. The van der Waals surface area contributed by atoms with Gasteiger partial charge in [-0.15, -0.1) is 16.7 Å². The highest BCUT2D eigenvalue weighted by Gasteiger charge is 2.13. The lowest BCUT2D eigenvalue weighted by Gasteiger charge is -2.07. The molecule has 0 bridgehead atoms. The summed E-state index contributed by atoms with van der Waals surface area (Å²) in [5, 5.41) is 16.4. The van der Waals surface area contributed by atoms with E-state index < -0.39 is 0 Å². The molecule has 0 aliphatic carbocycles. The number of amides is 1. The number of fused-ring (bicyclic) bond motifs is 1. The van der Waals surface area contributed by atoms with Gasteiger partial charge in [0.25, 0.3) is 0 Å². The summed E-state index contributed by atoms with van der Waals surface area (Å²) in [4.78, 5) is 25.0. The van der Waals surface area contributed by atoms with E-state index in [2.05, 4.69) is 25.9 Å². The van der Waals surface area contributed by atoms with Gasteiger partial charge in [-0.2, -0.15) is 0 Å². The molecular formula is C24H22ClN5O4. The van der Waals surface area contributed by atoms with Gasteiger partial charge in [0.15, 0.2) is 16.8 Å². The number of rotatable bonds is 10. The molecule has 0 saturated carbocycles. The normalized spacial score (nSPS) is 11.2. The van der Waals surface area contributed by atoms with E-state index in [-0.39, 0.29) is 28.5 Å². The van der Waals surface area contributed by atoms with Crippen LogP contribution in [0.2, 0.25) is 0 Å². The molecule has 0 fully saturated rings. The fraction of sp³-hybridized carbons (Fsp3) is 0.208. The van der Waals surface area contributed by atoms with Gasteiger partial charge in [0.1, 0.15) is 5.75 Å². The van der Waals surface area contributed by atoms with Gasteiger partial charge >= 0.3 is 0 Å². The zero-order valence-electron chi connectivity index (χ0n) is 18.2. The number of carbonyl (C=O) groups excluding carboxylic acids is 1. The van der Waals surface area contributed by atoms with Crippen LogP contribution >= 0.6 is 11.6 Å². The average Bonchev–Trinajstić information content (AvgIpc) is 3.39. The second-order valence-corrected chi connectivity index (χ2v) is 7.77. The minimum Gasteiger partial charge on any atom is -0.494 e. The van der Waals surface area contributed by atoms with Crippen LogP contribution in [-0.2, 0) is 4.79 Å². The van der Waals surface area contributed by atoms with E-state index in [0.717, 1.165) is 30.6 Å². The van der Waals surface area contributed by atoms with E-state index >= 15 is 0 Å². The molecule has 9 nitrogen and oxygen atoms in total. The Hall–Kier alpha value is -3.98. The zero-order chi connectivity index (χ0) is 23.8. The third kappa shape index (κ3) is 5.87. The summed E-state index contributed by atoms with van der Waals surface area (Å²) in [7, 11) is 0. The average molecular weight is 480 g/mol. The highest BCUT2D eigenvalue weighted by atomic mass is 35.5. The second kappa shape index (κ2) is 11.2. The molecule has 1 amide bonds. The van der Waals surface area contributed by atoms with Gasteiger partial charge in [0.05, 0.1) is 17.7 Å². The largest absolute Gasteiger partial charge is 0.494 e. The molecule has 0 aliphatic rings. The molecule has 0 spiro atoms. The third-order valence-electron chi connectivity index (χ3n) is 4.95. The van der Waals surface area contributed by atoms with Crippen LogP contribution in [-0.4, -0.2) is 39.0 Å². The molecule has 2 N–H and O–H groups in total. The number of unbranched alkanes of at least 4 members (excludes halogenated alkanes) is 2. The predicted octanol–water partition coefficient (Wildman–Crippen LogP) is 4.41. The number of carbonyl (C=O) groups is 1. The molecule has 0 aliphatic heterocycles. The lowest BCUT2D eigenvalue weighted by molar-refractivity contribution is -0.111. The Morgan fingerprint density at radius 1 is 1.15 bits per heavy atom. The van der Waals surface area contributed by atoms with Crippen molar-refractivity contribution in [3.05, 3.63) is 70.4 Å². The molecule has 0 saturated heterocycles. The Balaban J connectivity index is 1.43. The molecule has 2 aromatic carbocycles. The maximum absolute atomic E-state index is 12.5. The number of hydrogen-bond donors (Lipinski definition) is 2. The van der Waals surface area contributed by atoms with Crippen LogP contribution in [0, 0.1) is 0 Å². The van der Waals surface area contributed by atoms with Crippen LogP contribution in [0.15, 0.2) is 63.8 Å². The smallest absolute Gasteiger partial charge is 0.248 e. The van der Waals surface area contributed by atoms with Crippen LogP contribution in [0.3, 0.4) is 0 Å². The van der Waals surface area contributed by atoms with Crippen molar-refractivity contribution in [2.24, 2.45) is 0 Å².